The fraction of sp³-hybridized carbons (Fsp3) is 0.318. The van der Waals surface area contributed by atoms with E-state index in [1.54, 1.807) is 6.92 Å². The van der Waals surface area contributed by atoms with Crippen molar-refractivity contribution in [2.45, 2.75) is 39.1 Å². The second-order valence-corrected chi connectivity index (χ2v) is 7.62. The summed E-state index contributed by atoms with van der Waals surface area (Å²) in [4.78, 5) is 13.9. The summed E-state index contributed by atoms with van der Waals surface area (Å²) >= 11 is 1.51. The number of hydrogen-bond acceptors (Lipinski definition) is 6. The van der Waals surface area contributed by atoms with Crippen LogP contribution >= 0.6 is 11.3 Å². The molecule has 1 unspecified atom stereocenters. The predicted molar refractivity (Wildman–Crippen MR) is 108 cm³/mol. The summed E-state index contributed by atoms with van der Waals surface area (Å²) < 4.78 is 23.5. The molecule has 0 radical (unpaired) electrons. The Balaban J connectivity index is 1.69. The highest BCUT2D eigenvalue weighted by Gasteiger charge is 2.25. The van der Waals surface area contributed by atoms with E-state index in [1.165, 1.54) is 11.3 Å². The highest BCUT2D eigenvalue weighted by atomic mass is 32.1. The molecule has 3 heterocycles. The lowest BCUT2D eigenvalue weighted by molar-refractivity contribution is -0.116. The Hall–Kier alpha value is -2.57. The predicted octanol–water partition coefficient (Wildman–Crippen LogP) is 5.16. The summed E-state index contributed by atoms with van der Waals surface area (Å²) in [5, 5.41) is 1.94. The highest BCUT2D eigenvalue weighted by Crippen LogP contribution is 2.35. The first-order valence-corrected chi connectivity index (χ1v) is 10.3. The Labute approximate surface area is 167 Å². The minimum absolute atomic E-state index is 0.0850. The van der Waals surface area contributed by atoms with Crippen molar-refractivity contribution in [3.63, 3.8) is 0 Å². The van der Waals surface area contributed by atoms with Gasteiger partial charge in [0.2, 0.25) is 17.5 Å². The van der Waals surface area contributed by atoms with Crippen LogP contribution in [0.1, 0.15) is 30.4 Å². The van der Waals surface area contributed by atoms with E-state index in [0.29, 0.717) is 17.9 Å². The molecule has 1 aliphatic rings. The minimum atomic E-state index is -0.435. The molecule has 6 heteroatoms. The fourth-order valence-corrected chi connectivity index (χ4v) is 3.84. The van der Waals surface area contributed by atoms with Gasteiger partial charge in [0.25, 0.3) is 0 Å². The van der Waals surface area contributed by atoms with Crippen LogP contribution in [0.3, 0.4) is 0 Å². The van der Waals surface area contributed by atoms with Crippen molar-refractivity contribution in [2.24, 2.45) is 0 Å². The topological polar surface area (TPSA) is 57.9 Å². The summed E-state index contributed by atoms with van der Waals surface area (Å²) in [5.41, 5.74) is 1.24. The molecule has 3 aromatic rings. The summed E-state index contributed by atoms with van der Waals surface area (Å²) in [6.45, 7) is 2.64. The molecule has 0 spiro atoms. The van der Waals surface area contributed by atoms with Crippen LogP contribution in [0.2, 0.25) is 0 Å². The first kappa shape index (κ1) is 18.8. The highest BCUT2D eigenvalue weighted by molar-refractivity contribution is 7.13. The molecule has 28 heavy (non-hydrogen) atoms. The van der Waals surface area contributed by atoms with Crippen molar-refractivity contribution in [1.29, 1.82) is 0 Å². The van der Waals surface area contributed by atoms with Gasteiger partial charge in [-0.25, -0.2) is 0 Å². The molecular formula is C22H22O5S. The normalized spacial score (nSPS) is 16.7. The quantitative estimate of drug-likeness (QED) is 0.574. The average Bonchev–Trinajstić information content (AvgIpc) is 3.26. The largest absolute Gasteiger partial charge is 0.479 e. The first-order valence-electron chi connectivity index (χ1n) is 9.39. The SMILES string of the molecule is Cc1c(-c2cccs2)oc(OC2CCCCO2)c(OCc2ccccc2)c1=O. The zero-order valence-corrected chi connectivity index (χ0v) is 16.5. The molecule has 5 nitrogen and oxygen atoms in total. The lowest BCUT2D eigenvalue weighted by atomic mass is 10.2. The third-order valence-electron chi connectivity index (χ3n) is 4.61. The second-order valence-electron chi connectivity index (χ2n) is 6.67. The number of ether oxygens (including phenoxy) is 3. The third-order valence-corrected chi connectivity index (χ3v) is 5.48. The van der Waals surface area contributed by atoms with E-state index in [1.807, 2.05) is 47.8 Å². The zero-order chi connectivity index (χ0) is 19.3. The maximum absolute atomic E-state index is 13.1. The van der Waals surface area contributed by atoms with E-state index < -0.39 is 6.29 Å². The molecular weight excluding hydrogens is 376 g/mol. The molecule has 146 valence electrons. The van der Waals surface area contributed by atoms with E-state index in [0.717, 1.165) is 29.7 Å². The Morgan fingerprint density at radius 2 is 2.00 bits per heavy atom. The third kappa shape index (κ3) is 4.13. The van der Waals surface area contributed by atoms with Gasteiger partial charge in [0.05, 0.1) is 11.5 Å². The second kappa shape index (κ2) is 8.63. The van der Waals surface area contributed by atoms with Crippen LogP contribution in [0.25, 0.3) is 10.6 Å². The number of benzene rings is 1. The van der Waals surface area contributed by atoms with Gasteiger partial charge in [-0.1, -0.05) is 36.4 Å². The van der Waals surface area contributed by atoms with Crippen LogP contribution in [0.5, 0.6) is 11.7 Å². The molecule has 1 fully saturated rings. The summed E-state index contributed by atoms with van der Waals surface area (Å²) in [6, 6.07) is 13.5. The van der Waals surface area contributed by atoms with Gasteiger partial charge in [-0.05, 0) is 36.8 Å². The van der Waals surface area contributed by atoms with E-state index in [2.05, 4.69) is 0 Å². The summed E-state index contributed by atoms with van der Waals surface area (Å²) in [7, 11) is 0. The molecule has 4 rings (SSSR count). The van der Waals surface area contributed by atoms with Crippen LogP contribution in [0.4, 0.5) is 0 Å². The molecule has 0 amide bonds. The van der Waals surface area contributed by atoms with Gasteiger partial charge in [0, 0.05) is 12.0 Å². The lowest BCUT2D eigenvalue weighted by Gasteiger charge is -2.23. The minimum Gasteiger partial charge on any atom is -0.479 e. The van der Waals surface area contributed by atoms with Crippen molar-refractivity contribution >= 4 is 11.3 Å². The molecule has 2 aromatic heterocycles. The van der Waals surface area contributed by atoms with Gasteiger partial charge < -0.3 is 18.6 Å². The van der Waals surface area contributed by atoms with E-state index in [-0.39, 0.29) is 23.7 Å². The van der Waals surface area contributed by atoms with Gasteiger partial charge in [-0.3, -0.25) is 4.79 Å². The zero-order valence-electron chi connectivity index (χ0n) is 15.7. The maximum Gasteiger partial charge on any atom is 0.335 e. The van der Waals surface area contributed by atoms with Crippen LogP contribution in [-0.2, 0) is 11.3 Å². The fourth-order valence-electron chi connectivity index (χ4n) is 3.08. The number of hydrogen-bond donors (Lipinski definition) is 0. The Morgan fingerprint density at radius 3 is 2.71 bits per heavy atom. The van der Waals surface area contributed by atoms with Gasteiger partial charge in [-0.15, -0.1) is 11.3 Å². The van der Waals surface area contributed by atoms with Crippen molar-refractivity contribution in [1.82, 2.24) is 0 Å². The average molecular weight is 398 g/mol. The number of rotatable bonds is 6. The maximum atomic E-state index is 13.1. The Kier molecular flexibility index (Phi) is 5.78. The molecule has 1 aromatic carbocycles. The molecule has 1 aliphatic heterocycles. The molecule has 1 atom stereocenters. The smallest absolute Gasteiger partial charge is 0.335 e. The Morgan fingerprint density at radius 1 is 1.14 bits per heavy atom. The number of thiophene rings is 1. The van der Waals surface area contributed by atoms with E-state index >= 15 is 0 Å². The lowest BCUT2D eigenvalue weighted by Crippen LogP contribution is -2.26. The molecule has 0 saturated carbocycles. The molecule has 0 bridgehead atoms. The van der Waals surface area contributed by atoms with Crippen LogP contribution in [0.15, 0.2) is 57.1 Å². The molecule has 0 N–H and O–H groups in total. The summed E-state index contributed by atoms with van der Waals surface area (Å²) in [6.07, 6.45) is 2.34. The Bertz CT molecular complexity index is 957. The molecule has 1 saturated heterocycles. The van der Waals surface area contributed by atoms with Crippen molar-refractivity contribution in [2.75, 3.05) is 6.61 Å². The molecule has 0 aliphatic carbocycles. The van der Waals surface area contributed by atoms with E-state index in [9.17, 15) is 4.79 Å². The van der Waals surface area contributed by atoms with Crippen LogP contribution in [-0.4, -0.2) is 12.9 Å². The van der Waals surface area contributed by atoms with Crippen molar-refractivity contribution < 1.29 is 18.6 Å². The monoisotopic (exact) mass is 398 g/mol. The van der Waals surface area contributed by atoms with Gasteiger partial charge >= 0.3 is 5.95 Å². The van der Waals surface area contributed by atoms with E-state index in [4.69, 9.17) is 18.6 Å². The van der Waals surface area contributed by atoms with Gasteiger partial charge in [0.15, 0.2) is 5.76 Å². The van der Waals surface area contributed by atoms with Crippen LogP contribution < -0.4 is 14.9 Å². The van der Waals surface area contributed by atoms with Gasteiger partial charge in [-0.2, -0.15) is 0 Å². The van der Waals surface area contributed by atoms with Crippen molar-refractivity contribution in [3.8, 4) is 22.3 Å². The first-order chi connectivity index (χ1) is 13.7. The standard InChI is InChI=1S/C22H22O5S/c1-15-19(23)21(25-14-16-8-3-2-4-9-16)22(26-18-11-5-6-12-24-18)27-20(15)17-10-7-13-28-17/h2-4,7-10,13,18H,5-6,11-12,14H2,1H3. The van der Waals surface area contributed by atoms with Crippen LogP contribution in [0, 0.1) is 6.92 Å². The van der Waals surface area contributed by atoms with Crippen molar-refractivity contribution in [3.05, 3.63) is 69.2 Å². The summed E-state index contributed by atoms with van der Waals surface area (Å²) in [5.74, 6) is 0.690. The van der Waals surface area contributed by atoms with Gasteiger partial charge in [0.1, 0.15) is 6.61 Å².